The summed E-state index contributed by atoms with van der Waals surface area (Å²) in [6.07, 6.45) is 3.48. The van der Waals surface area contributed by atoms with Crippen LogP contribution in [0.15, 0.2) is 97.7 Å². The summed E-state index contributed by atoms with van der Waals surface area (Å²) in [4.78, 5) is 32.3. The molecule has 1 aromatic heterocycles. The number of ether oxygens (including phenoxy) is 1. The predicted octanol–water partition coefficient (Wildman–Crippen LogP) is 5.12. The molecule has 0 radical (unpaired) electrons. The summed E-state index contributed by atoms with van der Waals surface area (Å²) in [6, 6.07) is 24.5. The number of nitrogens with zero attached hydrogens (tertiary/aromatic N) is 3. The van der Waals surface area contributed by atoms with Crippen LogP contribution in [0, 0.1) is 6.92 Å². The van der Waals surface area contributed by atoms with E-state index in [1.165, 1.54) is 4.90 Å². The van der Waals surface area contributed by atoms with Gasteiger partial charge < -0.3 is 9.64 Å². The minimum atomic E-state index is -0.364. The first-order chi connectivity index (χ1) is 17.5. The van der Waals surface area contributed by atoms with E-state index in [9.17, 15) is 9.59 Å². The van der Waals surface area contributed by atoms with Gasteiger partial charge in [-0.25, -0.2) is 4.98 Å². The molecule has 4 aromatic rings. The first-order valence-electron chi connectivity index (χ1n) is 11.5. The summed E-state index contributed by atoms with van der Waals surface area (Å²) < 4.78 is 7.00. The van der Waals surface area contributed by atoms with Crippen molar-refractivity contribution in [1.82, 2.24) is 14.5 Å². The van der Waals surface area contributed by atoms with Crippen LogP contribution in [0.25, 0.3) is 16.9 Å². The third-order valence-electron chi connectivity index (χ3n) is 5.65. The number of rotatable bonds is 9. The van der Waals surface area contributed by atoms with Crippen LogP contribution in [-0.4, -0.2) is 46.5 Å². The molecule has 0 unspecified atom stereocenters. The Kier molecular flexibility index (Phi) is 7.60. The summed E-state index contributed by atoms with van der Waals surface area (Å²) in [5.74, 6) is 0.381. The van der Waals surface area contributed by atoms with Crippen LogP contribution in [0.2, 0.25) is 0 Å². The van der Waals surface area contributed by atoms with Crippen LogP contribution >= 0.6 is 0 Å². The van der Waals surface area contributed by atoms with E-state index in [4.69, 9.17) is 4.74 Å². The summed E-state index contributed by atoms with van der Waals surface area (Å²) in [6.45, 7) is 5.82. The zero-order chi connectivity index (χ0) is 25.5. The van der Waals surface area contributed by atoms with E-state index in [2.05, 4.69) is 16.9 Å². The predicted molar refractivity (Wildman–Crippen MR) is 141 cm³/mol. The Balaban J connectivity index is 1.58. The van der Waals surface area contributed by atoms with Gasteiger partial charge in [-0.15, -0.1) is 6.58 Å². The van der Waals surface area contributed by atoms with Crippen molar-refractivity contribution in [3.63, 3.8) is 0 Å². The number of hydrogen-bond acceptors (Lipinski definition) is 4. The van der Waals surface area contributed by atoms with Gasteiger partial charge in [-0.1, -0.05) is 54.1 Å². The molecule has 0 spiro atoms. The van der Waals surface area contributed by atoms with Gasteiger partial charge in [-0.05, 0) is 43.3 Å². The lowest BCUT2D eigenvalue weighted by Crippen LogP contribution is -2.38. The molecule has 0 aliphatic carbocycles. The average molecular weight is 481 g/mol. The third kappa shape index (κ3) is 5.70. The fraction of sp³-hybridized carbons (Fsp3) is 0.138. The molecule has 0 aliphatic heterocycles. The van der Waals surface area contributed by atoms with Crippen LogP contribution < -0.4 is 10.1 Å². The van der Waals surface area contributed by atoms with E-state index in [0.29, 0.717) is 17.3 Å². The highest BCUT2D eigenvalue weighted by Gasteiger charge is 2.20. The van der Waals surface area contributed by atoms with Gasteiger partial charge in [-0.3, -0.25) is 19.5 Å². The number of anilines is 1. The molecule has 0 saturated heterocycles. The Hall–Kier alpha value is -4.65. The Labute approximate surface area is 210 Å². The van der Waals surface area contributed by atoms with E-state index in [1.807, 2.05) is 72.3 Å². The average Bonchev–Trinajstić information content (AvgIpc) is 3.32. The largest absolute Gasteiger partial charge is 0.497 e. The number of nitrogens with one attached hydrogen (secondary N) is 1. The van der Waals surface area contributed by atoms with Crippen molar-refractivity contribution in [2.75, 3.05) is 25.5 Å². The summed E-state index contributed by atoms with van der Waals surface area (Å²) in [5.41, 5.74) is 4.11. The van der Waals surface area contributed by atoms with Gasteiger partial charge in [0.15, 0.2) is 0 Å². The first-order valence-corrected chi connectivity index (χ1v) is 11.5. The van der Waals surface area contributed by atoms with Crippen LogP contribution in [0.4, 0.5) is 5.95 Å². The molecule has 2 amide bonds. The van der Waals surface area contributed by atoms with Gasteiger partial charge in [0.05, 0.1) is 12.8 Å². The SMILES string of the molecule is C=CCN(CC(=O)Nc1nc(-c2ccccc2)cn1-c1ccc(C)cc1)C(=O)c1ccc(OC)cc1. The topological polar surface area (TPSA) is 76.5 Å². The van der Waals surface area contributed by atoms with E-state index >= 15 is 0 Å². The monoisotopic (exact) mass is 480 g/mol. The van der Waals surface area contributed by atoms with Crippen LogP contribution in [0.5, 0.6) is 5.75 Å². The minimum absolute atomic E-state index is 0.154. The van der Waals surface area contributed by atoms with Crippen molar-refractivity contribution in [3.05, 3.63) is 109 Å². The lowest BCUT2D eigenvalue weighted by atomic mass is 10.2. The van der Waals surface area contributed by atoms with E-state index in [0.717, 1.165) is 22.5 Å². The maximum Gasteiger partial charge on any atom is 0.254 e. The Morgan fingerprint density at radius 3 is 2.36 bits per heavy atom. The maximum absolute atomic E-state index is 13.1. The number of carbonyl (C=O) groups excluding carboxylic acids is 2. The van der Waals surface area contributed by atoms with Crippen molar-refractivity contribution in [2.45, 2.75) is 6.92 Å². The fourth-order valence-electron chi connectivity index (χ4n) is 3.75. The maximum atomic E-state index is 13.1. The number of aromatic nitrogens is 2. The summed E-state index contributed by atoms with van der Waals surface area (Å²) >= 11 is 0. The van der Waals surface area contributed by atoms with Crippen molar-refractivity contribution in [1.29, 1.82) is 0 Å². The molecule has 3 aromatic carbocycles. The van der Waals surface area contributed by atoms with E-state index in [1.54, 1.807) is 37.5 Å². The normalized spacial score (nSPS) is 10.5. The highest BCUT2D eigenvalue weighted by atomic mass is 16.5. The molecule has 0 bridgehead atoms. The molecule has 36 heavy (non-hydrogen) atoms. The highest BCUT2D eigenvalue weighted by Crippen LogP contribution is 2.24. The van der Waals surface area contributed by atoms with Crippen LogP contribution in [0.1, 0.15) is 15.9 Å². The molecule has 4 rings (SSSR count). The minimum Gasteiger partial charge on any atom is -0.497 e. The molecule has 182 valence electrons. The molecule has 0 fully saturated rings. The number of aryl methyl sites for hydroxylation is 1. The van der Waals surface area contributed by atoms with Crippen molar-refractivity contribution >= 4 is 17.8 Å². The zero-order valence-electron chi connectivity index (χ0n) is 20.3. The molecule has 7 heteroatoms. The second kappa shape index (κ2) is 11.2. The number of amides is 2. The number of methoxy groups -OCH3 is 1. The van der Waals surface area contributed by atoms with E-state index in [-0.39, 0.29) is 24.9 Å². The fourth-order valence-corrected chi connectivity index (χ4v) is 3.75. The molecule has 0 aliphatic rings. The third-order valence-corrected chi connectivity index (χ3v) is 5.65. The quantitative estimate of drug-likeness (QED) is 0.337. The Morgan fingerprint density at radius 1 is 1.03 bits per heavy atom. The molecule has 0 saturated carbocycles. The van der Waals surface area contributed by atoms with Crippen molar-refractivity contribution in [2.24, 2.45) is 0 Å². The van der Waals surface area contributed by atoms with Gasteiger partial charge in [0.1, 0.15) is 12.3 Å². The van der Waals surface area contributed by atoms with Crippen molar-refractivity contribution < 1.29 is 14.3 Å². The van der Waals surface area contributed by atoms with Crippen LogP contribution in [-0.2, 0) is 4.79 Å². The van der Waals surface area contributed by atoms with Gasteiger partial charge in [0.25, 0.3) is 5.91 Å². The van der Waals surface area contributed by atoms with Crippen molar-refractivity contribution in [3.8, 4) is 22.7 Å². The summed E-state index contributed by atoms with van der Waals surface area (Å²) in [5, 5.41) is 2.89. The van der Waals surface area contributed by atoms with Crippen LogP contribution in [0.3, 0.4) is 0 Å². The molecule has 0 atom stereocenters. The summed E-state index contributed by atoms with van der Waals surface area (Å²) in [7, 11) is 1.56. The van der Waals surface area contributed by atoms with Gasteiger partial charge in [0, 0.05) is 29.6 Å². The number of hydrogen-bond donors (Lipinski definition) is 1. The van der Waals surface area contributed by atoms with E-state index < -0.39 is 0 Å². The molecule has 1 N–H and O–H groups in total. The second-order valence-electron chi connectivity index (χ2n) is 8.27. The highest BCUT2D eigenvalue weighted by molar-refractivity contribution is 5.99. The lowest BCUT2D eigenvalue weighted by Gasteiger charge is -2.21. The number of benzene rings is 3. The Bertz CT molecular complexity index is 1340. The number of carbonyl (C=O) groups is 2. The molecule has 7 nitrogen and oxygen atoms in total. The van der Waals surface area contributed by atoms with Gasteiger partial charge >= 0.3 is 0 Å². The smallest absolute Gasteiger partial charge is 0.254 e. The molecular formula is C29H28N4O3. The number of imidazole rings is 1. The van der Waals surface area contributed by atoms with Gasteiger partial charge in [-0.2, -0.15) is 0 Å². The second-order valence-corrected chi connectivity index (χ2v) is 8.27. The Morgan fingerprint density at radius 2 is 1.72 bits per heavy atom. The molecule has 1 heterocycles. The zero-order valence-corrected chi connectivity index (χ0v) is 20.3. The standard InChI is InChI=1S/C29H28N4O3/c1-4-18-32(28(35)23-12-16-25(36-3)17-13-23)20-27(34)31-29-30-26(22-8-6-5-7-9-22)19-33(29)24-14-10-21(2)11-15-24/h4-17,19H,1,18,20H2,2-3H3,(H,30,31,34). The molecular weight excluding hydrogens is 452 g/mol. The lowest BCUT2D eigenvalue weighted by molar-refractivity contribution is -0.116. The van der Waals surface area contributed by atoms with Gasteiger partial charge in [0.2, 0.25) is 11.9 Å². The first kappa shape index (κ1) is 24.5.